The number of aromatic amines is 1. The molecule has 0 unspecified atom stereocenters. The standard InChI is InChI=1S/C37H50N4O10S/c1-3-52(43,44)40-28-7-8-35(33(25-28)34-27-41(2)37(42)36-32(34)11-14-39-36)51-31-6-4-5-30(26-31)50-24-22-48-20-18-46-16-15-45-17-19-47-21-23-49-29-9-12-38-13-10-29/h4-8,11,14,25-27,29,38-40H,3,9-10,12-13,15-24H2,1-2H3. The zero-order valence-electron chi connectivity index (χ0n) is 29.9. The van der Waals surface area contributed by atoms with Gasteiger partial charge in [0, 0.05) is 47.7 Å². The van der Waals surface area contributed by atoms with Crippen molar-refractivity contribution in [2.45, 2.75) is 25.9 Å². The first-order chi connectivity index (χ1) is 25.3. The van der Waals surface area contributed by atoms with E-state index in [9.17, 15) is 13.2 Å². The van der Waals surface area contributed by atoms with Crippen LogP contribution in [0.1, 0.15) is 19.8 Å². The molecular formula is C37H50N4O10S. The van der Waals surface area contributed by atoms with Gasteiger partial charge in [0.15, 0.2) is 0 Å². The Hall–Kier alpha value is -3.96. The molecule has 5 rings (SSSR count). The van der Waals surface area contributed by atoms with Gasteiger partial charge in [-0.05, 0) is 69.3 Å². The second-order valence-electron chi connectivity index (χ2n) is 12.1. The quantitative estimate of drug-likeness (QED) is 0.0931. The van der Waals surface area contributed by atoms with Crippen molar-refractivity contribution in [3.63, 3.8) is 0 Å². The molecular weight excluding hydrogens is 692 g/mol. The Labute approximate surface area is 304 Å². The van der Waals surface area contributed by atoms with Crippen molar-refractivity contribution in [3.8, 4) is 28.4 Å². The first kappa shape index (κ1) is 39.3. The normalized spacial score (nSPS) is 13.8. The summed E-state index contributed by atoms with van der Waals surface area (Å²) in [6.45, 7) is 8.39. The van der Waals surface area contributed by atoms with Crippen LogP contribution in [-0.4, -0.2) is 109 Å². The van der Waals surface area contributed by atoms with Crippen LogP contribution in [0, 0.1) is 0 Å². The van der Waals surface area contributed by atoms with E-state index in [1.165, 1.54) is 4.57 Å². The van der Waals surface area contributed by atoms with Gasteiger partial charge in [-0.1, -0.05) is 6.07 Å². The zero-order valence-corrected chi connectivity index (χ0v) is 30.7. The Morgan fingerprint density at radius 1 is 0.808 bits per heavy atom. The lowest BCUT2D eigenvalue weighted by Gasteiger charge is -2.22. The maximum atomic E-state index is 12.7. The number of ether oxygens (including phenoxy) is 7. The number of hydrogen-bond donors (Lipinski definition) is 3. The number of rotatable bonds is 23. The summed E-state index contributed by atoms with van der Waals surface area (Å²) in [7, 11) is -1.86. The van der Waals surface area contributed by atoms with Crippen molar-refractivity contribution in [2.24, 2.45) is 7.05 Å². The van der Waals surface area contributed by atoms with E-state index in [-0.39, 0.29) is 11.3 Å². The Morgan fingerprint density at radius 2 is 1.46 bits per heavy atom. The maximum Gasteiger partial charge on any atom is 0.274 e. The van der Waals surface area contributed by atoms with Gasteiger partial charge in [-0.2, -0.15) is 0 Å². The minimum Gasteiger partial charge on any atom is -0.491 e. The predicted molar refractivity (Wildman–Crippen MR) is 199 cm³/mol. The third-order valence-electron chi connectivity index (χ3n) is 8.33. The number of anilines is 1. The minimum atomic E-state index is -3.52. The molecule has 2 aromatic heterocycles. The van der Waals surface area contributed by atoms with Crippen LogP contribution in [0.15, 0.2) is 65.7 Å². The number of aryl methyl sites for hydroxylation is 1. The highest BCUT2D eigenvalue weighted by molar-refractivity contribution is 7.92. The van der Waals surface area contributed by atoms with Crippen molar-refractivity contribution < 1.29 is 41.6 Å². The van der Waals surface area contributed by atoms with E-state index in [1.807, 2.05) is 18.2 Å². The van der Waals surface area contributed by atoms with Gasteiger partial charge in [0.25, 0.3) is 5.56 Å². The number of piperidine rings is 1. The summed E-state index contributed by atoms with van der Waals surface area (Å²) >= 11 is 0. The Balaban J connectivity index is 1.02. The molecule has 1 aliphatic heterocycles. The summed E-state index contributed by atoms with van der Waals surface area (Å²) in [4.78, 5) is 15.7. The minimum absolute atomic E-state index is 0.0730. The van der Waals surface area contributed by atoms with E-state index in [0.717, 1.165) is 25.9 Å². The smallest absolute Gasteiger partial charge is 0.274 e. The van der Waals surface area contributed by atoms with Crippen LogP contribution >= 0.6 is 0 Å². The summed E-state index contributed by atoms with van der Waals surface area (Å²) in [6, 6.07) is 14.1. The molecule has 0 bridgehead atoms. The van der Waals surface area contributed by atoms with E-state index in [1.54, 1.807) is 56.7 Å². The molecule has 0 aliphatic carbocycles. The first-order valence-corrected chi connectivity index (χ1v) is 19.3. The van der Waals surface area contributed by atoms with Crippen LogP contribution in [0.25, 0.3) is 22.0 Å². The Morgan fingerprint density at radius 3 is 2.15 bits per heavy atom. The van der Waals surface area contributed by atoms with Crippen molar-refractivity contribution in [3.05, 3.63) is 71.3 Å². The highest BCUT2D eigenvalue weighted by Crippen LogP contribution is 2.39. The zero-order chi connectivity index (χ0) is 36.6. The number of nitrogens with one attached hydrogen (secondary N) is 3. The SMILES string of the molecule is CCS(=O)(=O)Nc1ccc(Oc2cccc(OCCOCCOCCOCCOCCOC3CCNCC3)c2)c(-c2cn(C)c(=O)c3[nH]ccc23)c1. The molecule has 4 aromatic rings. The largest absolute Gasteiger partial charge is 0.491 e. The summed E-state index contributed by atoms with van der Waals surface area (Å²) in [5, 5.41) is 4.01. The lowest BCUT2D eigenvalue weighted by molar-refractivity contribution is -0.0284. The molecule has 3 N–H and O–H groups in total. The van der Waals surface area contributed by atoms with Crippen molar-refractivity contribution in [1.82, 2.24) is 14.9 Å². The molecule has 52 heavy (non-hydrogen) atoms. The van der Waals surface area contributed by atoms with Crippen LogP contribution < -0.4 is 25.1 Å². The van der Waals surface area contributed by atoms with E-state index >= 15 is 0 Å². The van der Waals surface area contributed by atoms with E-state index < -0.39 is 10.0 Å². The van der Waals surface area contributed by atoms with Gasteiger partial charge in [0.2, 0.25) is 10.0 Å². The van der Waals surface area contributed by atoms with Gasteiger partial charge >= 0.3 is 0 Å². The number of H-pyrrole nitrogens is 1. The number of nitrogens with zero attached hydrogens (tertiary/aromatic N) is 1. The topological polar surface area (TPSA) is 161 Å². The Kier molecular flexibility index (Phi) is 15.3. The fourth-order valence-corrected chi connectivity index (χ4v) is 6.23. The van der Waals surface area contributed by atoms with Gasteiger partial charge in [-0.15, -0.1) is 0 Å². The fraction of sp³-hybridized carbons (Fsp3) is 0.486. The molecule has 15 heteroatoms. The molecule has 284 valence electrons. The Bertz CT molecular complexity index is 1860. The van der Waals surface area contributed by atoms with Crippen LogP contribution in [-0.2, 0) is 40.8 Å². The number of fused-ring (bicyclic) bond motifs is 1. The van der Waals surface area contributed by atoms with Crippen LogP contribution in [0.2, 0.25) is 0 Å². The van der Waals surface area contributed by atoms with Crippen molar-refractivity contribution in [1.29, 1.82) is 0 Å². The molecule has 1 saturated heterocycles. The highest BCUT2D eigenvalue weighted by Gasteiger charge is 2.18. The van der Waals surface area contributed by atoms with Crippen LogP contribution in [0.4, 0.5) is 5.69 Å². The molecule has 2 aromatic carbocycles. The van der Waals surface area contributed by atoms with Gasteiger partial charge in [-0.3, -0.25) is 9.52 Å². The number of sulfonamides is 1. The lowest BCUT2D eigenvalue weighted by Crippen LogP contribution is -2.33. The first-order valence-electron chi connectivity index (χ1n) is 17.7. The fourth-order valence-electron chi connectivity index (χ4n) is 5.60. The summed E-state index contributed by atoms with van der Waals surface area (Å²) < 4.78 is 69.1. The molecule has 0 spiro atoms. The van der Waals surface area contributed by atoms with E-state index in [2.05, 4.69) is 15.0 Å². The summed E-state index contributed by atoms with van der Waals surface area (Å²) in [6.07, 6.45) is 5.87. The number of aromatic nitrogens is 2. The molecule has 0 radical (unpaired) electrons. The average Bonchev–Trinajstić information content (AvgIpc) is 3.65. The van der Waals surface area contributed by atoms with Crippen molar-refractivity contribution in [2.75, 3.05) is 89.6 Å². The predicted octanol–water partition coefficient (Wildman–Crippen LogP) is 4.30. The molecule has 1 fully saturated rings. The van der Waals surface area contributed by atoms with Gasteiger partial charge in [0.05, 0.1) is 71.3 Å². The lowest BCUT2D eigenvalue weighted by atomic mass is 10.0. The third kappa shape index (κ3) is 12.0. The average molecular weight is 743 g/mol. The van der Waals surface area contributed by atoms with Crippen molar-refractivity contribution >= 4 is 26.6 Å². The molecule has 0 amide bonds. The van der Waals surface area contributed by atoms with E-state index in [4.69, 9.17) is 33.2 Å². The van der Waals surface area contributed by atoms with Gasteiger partial charge < -0.3 is 48.0 Å². The van der Waals surface area contributed by atoms with Crippen LogP contribution in [0.3, 0.4) is 0 Å². The number of pyridine rings is 1. The molecule has 1 aliphatic rings. The molecule has 3 heterocycles. The monoisotopic (exact) mass is 742 g/mol. The highest BCUT2D eigenvalue weighted by atomic mass is 32.2. The molecule has 14 nitrogen and oxygen atoms in total. The summed E-state index contributed by atoms with van der Waals surface area (Å²) in [5.41, 5.74) is 1.93. The third-order valence-corrected chi connectivity index (χ3v) is 9.64. The van der Waals surface area contributed by atoms with Gasteiger partial charge in [0.1, 0.15) is 29.4 Å². The molecule has 0 saturated carbocycles. The second kappa shape index (κ2) is 20.3. The second-order valence-corrected chi connectivity index (χ2v) is 14.1. The molecule has 0 atom stereocenters. The summed E-state index contributed by atoms with van der Waals surface area (Å²) in [5.74, 6) is 1.50. The maximum absolute atomic E-state index is 12.7. The van der Waals surface area contributed by atoms with Crippen LogP contribution in [0.5, 0.6) is 17.2 Å². The van der Waals surface area contributed by atoms with Gasteiger partial charge in [-0.25, -0.2) is 8.42 Å². The number of hydrogen-bond acceptors (Lipinski definition) is 11. The van der Waals surface area contributed by atoms with E-state index in [0.29, 0.717) is 117 Å². The number of benzene rings is 2.